The smallest absolute Gasteiger partial charge is 0.260 e. The van der Waals surface area contributed by atoms with E-state index in [1.165, 1.54) is 17.0 Å². The summed E-state index contributed by atoms with van der Waals surface area (Å²) in [4.78, 5) is 20.9. The van der Waals surface area contributed by atoms with Crippen molar-refractivity contribution in [2.24, 2.45) is 10.9 Å². The number of rotatable bonds is 9. The molecule has 0 saturated carbocycles. The highest BCUT2D eigenvalue weighted by atomic mass is 32.2. The Hall–Kier alpha value is -3.35. The maximum Gasteiger partial charge on any atom is 0.260 e. The quantitative estimate of drug-likeness (QED) is 0.264. The van der Waals surface area contributed by atoms with Gasteiger partial charge in [0.05, 0.1) is 17.5 Å². The first-order valence-electron chi connectivity index (χ1n) is 10.6. The van der Waals surface area contributed by atoms with Crippen molar-refractivity contribution in [1.82, 2.24) is 9.88 Å². The zero-order chi connectivity index (χ0) is 25.2. The first-order valence-corrected chi connectivity index (χ1v) is 12.2. The summed E-state index contributed by atoms with van der Waals surface area (Å²) >= 11 is 0. The fourth-order valence-electron chi connectivity index (χ4n) is 3.56. The third-order valence-corrected chi connectivity index (χ3v) is 6.31. The molecule has 2 aromatic rings. The van der Waals surface area contributed by atoms with Crippen LogP contribution < -0.4 is 20.5 Å². The summed E-state index contributed by atoms with van der Waals surface area (Å²) in [5.41, 5.74) is 7.09. The molecule has 0 atom stereocenters. The Morgan fingerprint density at radius 3 is 2.65 bits per heavy atom. The molecule has 1 aromatic heterocycles. The van der Waals surface area contributed by atoms with Crippen molar-refractivity contribution < 1.29 is 22.5 Å². The Kier molecular flexibility index (Phi) is 7.34. The summed E-state index contributed by atoms with van der Waals surface area (Å²) in [6.07, 6.45) is 1.11. The van der Waals surface area contributed by atoms with Crippen LogP contribution in [0.2, 0.25) is 0 Å². The van der Waals surface area contributed by atoms with E-state index >= 15 is 0 Å². The number of aromatic nitrogens is 1. The van der Waals surface area contributed by atoms with Crippen molar-refractivity contribution in [2.75, 3.05) is 32.1 Å². The van der Waals surface area contributed by atoms with Gasteiger partial charge >= 0.3 is 0 Å². The summed E-state index contributed by atoms with van der Waals surface area (Å²) < 4.78 is 31.9. The normalized spacial score (nSPS) is 14.4. The Morgan fingerprint density at radius 2 is 2.06 bits per heavy atom. The van der Waals surface area contributed by atoms with Crippen molar-refractivity contribution in [3.05, 3.63) is 47.2 Å². The third-order valence-electron chi connectivity index (χ3n) is 5.34. The second kappa shape index (κ2) is 9.87. The Morgan fingerprint density at radius 1 is 1.35 bits per heavy atom. The van der Waals surface area contributed by atoms with Crippen LogP contribution in [0.1, 0.15) is 35.5 Å². The van der Waals surface area contributed by atoms with E-state index in [2.05, 4.69) is 4.98 Å². The van der Waals surface area contributed by atoms with E-state index in [4.69, 9.17) is 21.0 Å². The molecule has 0 unspecified atom stereocenters. The topological polar surface area (TPSA) is 159 Å². The minimum atomic E-state index is -4.11. The van der Waals surface area contributed by atoms with E-state index in [1.807, 2.05) is 32.8 Å². The SMILES string of the molecule is CC(C)[N+](C=N)=C(N)c1cccc(N2Cc3c(cc(OCCN(C)C)cc3S(N)(=O)=O)C2=O)n1. The van der Waals surface area contributed by atoms with Gasteiger partial charge in [0.1, 0.15) is 23.9 Å². The molecule has 1 aromatic carbocycles. The number of anilines is 1. The number of carbonyl (C=O) groups excluding carboxylic acids is 1. The van der Waals surface area contributed by atoms with Crippen LogP contribution in [0.3, 0.4) is 0 Å². The maximum absolute atomic E-state index is 13.3. The van der Waals surface area contributed by atoms with E-state index in [9.17, 15) is 13.2 Å². The molecule has 182 valence electrons. The molecule has 0 bridgehead atoms. The predicted octanol–water partition coefficient (Wildman–Crippen LogP) is 0.563. The molecule has 1 aliphatic rings. The molecule has 11 nitrogen and oxygen atoms in total. The number of nitrogens with zero attached hydrogens (tertiary/aromatic N) is 4. The molecule has 2 heterocycles. The van der Waals surface area contributed by atoms with Crippen LogP contribution in [0, 0.1) is 5.41 Å². The number of ether oxygens (including phenoxy) is 1. The number of nitrogens with two attached hydrogens (primary N) is 2. The number of amides is 1. The molecule has 0 radical (unpaired) electrons. The summed E-state index contributed by atoms with van der Waals surface area (Å²) in [5, 5.41) is 13.1. The lowest BCUT2D eigenvalue weighted by Crippen LogP contribution is -2.34. The standard InChI is InChI=1S/C22H29N7O4S/c1-14(2)29(13-23)21(24)18-6-5-7-20(26-18)28-12-17-16(22(28)30)10-15(33-9-8-27(3)4)11-19(17)34(25,31)32/h5-7,10-11,13-14,23-24H,8-9,12H2,1-4H3,(H2,25,31,32)/p+1. The fourth-order valence-corrected chi connectivity index (χ4v) is 4.36. The second-order valence-electron chi connectivity index (χ2n) is 8.43. The first kappa shape index (κ1) is 25.3. The van der Waals surface area contributed by atoms with Crippen molar-refractivity contribution in [1.29, 1.82) is 5.41 Å². The highest BCUT2D eigenvalue weighted by molar-refractivity contribution is 7.89. The summed E-state index contributed by atoms with van der Waals surface area (Å²) in [7, 11) is -0.340. The molecular weight excluding hydrogens is 458 g/mol. The maximum atomic E-state index is 13.3. The highest BCUT2D eigenvalue weighted by Gasteiger charge is 2.35. The van der Waals surface area contributed by atoms with E-state index in [0.717, 1.165) is 6.34 Å². The van der Waals surface area contributed by atoms with Gasteiger partial charge in [-0.1, -0.05) is 6.07 Å². The van der Waals surface area contributed by atoms with Crippen molar-refractivity contribution >= 4 is 33.9 Å². The second-order valence-corrected chi connectivity index (χ2v) is 9.96. The van der Waals surface area contributed by atoms with Crippen molar-refractivity contribution in [3.8, 4) is 5.75 Å². The fraction of sp³-hybridized carbons (Fsp3) is 0.364. The van der Waals surface area contributed by atoms with Crippen LogP contribution >= 0.6 is 0 Å². The zero-order valence-corrected chi connectivity index (χ0v) is 20.5. The molecule has 0 aliphatic carbocycles. The molecule has 0 saturated heterocycles. The van der Waals surface area contributed by atoms with E-state index in [0.29, 0.717) is 30.2 Å². The average Bonchev–Trinajstić information content (AvgIpc) is 3.09. The third kappa shape index (κ3) is 5.24. The Labute approximate surface area is 199 Å². The molecular formula is C22H30N7O4S+. The van der Waals surface area contributed by atoms with Gasteiger partial charge in [0, 0.05) is 23.7 Å². The Bertz CT molecular complexity index is 1260. The molecule has 12 heteroatoms. The predicted molar refractivity (Wildman–Crippen MR) is 129 cm³/mol. The number of primary sulfonamides is 1. The first-order chi connectivity index (χ1) is 15.9. The van der Waals surface area contributed by atoms with Crippen LogP contribution in [-0.2, 0) is 16.6 Å². The zero-order valence-electron chi connectivity index (χ0n) is 19.6. The molecule has 1 aliphatic heterocycles. The van der Waals surface area contributed by atoms with Crippen molar-refractivity contribution in [2.45, 2.75) is 31.3 Å². The summed E-state index contributed by atoms with van der Waals surface area (Å²) in [6.45, 7) is 4.67. The van der Waals surface area contributed by atoms with Gasteiger partial charge in [0.2, 0.25) is 22.2 Å². The molecule has 1 amide bonds. The lowest BCUT2D eigenvalue weighted by molar-refractivity contribution is -0.437. The van der Waals surface area contributed by atoms with Gasteiger partial charge < -0.3 is 15.4 Å². The molecule has 0 spiro atoms. The van der Waals surface area contributed by atoms with E-state index < -0.39 is 15.9 Å². The van der Waals surface area contributed by atoms with Gasteiger partial charge in [-0.05, 0) is 46.1 Å². The minimum absolute atomic E-state index is 0.0211. The van der Waals surface area contributed by atoms with Gasteiger partial charge in [-0.25, -0.2) is 23.1 Å². The number of pyridine rings is 1. The van der Waals surface area contributed by atoms with Crippen LogP contribution in [0.15, 0.2) is 35.2 Å². The molecule has 5 N–H and O–H groups in total. The lowest BCUT2D eigenvalue weighted by atomic mass is 10.1. The van der Waals surface area contributed by atoms with E-state index in [1.54, 1.807) is 22.8 Å². The summed E-state index contributed by atoms with van der Waals surface area (Å²) in [6, 6.07) is 7.82. The number of carbonyl (C=O) groups is 1. The van der Waals surface area contributed by atoms with Gasteiger partial charge in [-0.15, -0.1) is 0 Å². The van der Waals surface area contributed by atoms with Crippen LogP contribution in [0.5, 0.6) is 5.75 Å². The monoisotopic (exact) mass is 488 g/mol. The average molecular weight is 489 g/mol. The number of fused-ring (bicyclic) bond motifs is 1. The van der Waals surface area contributed by atoms with Crippen LogP contribution in [0.25, 0.3) is 0 Å². The summed E-state index contributed by atoms with van der Waals surface area (Å²) in [5.74, 6) is 0.384. The number of likely N-dealkylation sites (N-methyl/N-ethyl adjacent to an activating group) is 1. The van der Waals surface area contributed by atoms with Gasteiger partial charge in [-0.2, -0.15) is 5.41 Å². The largest absolute Gasteiger partial charge is 0.492 e. The number of hydrogen-bond donors (Lipinski definition) is 3. The number of benzene rings is 1. The van der Waals surface area contributed by atoms with Gasteiger partial charge in [-0.3, -0.25) is 9.69 Å². The molecule has 0 fully saturated rings. The van der Waals surface area contributed by atoms with Crippen molar-refractivity contribution in [3.63, 3.8) is 0 Å². The number of nitrogens with one attached hydrogen (secondary N) is 1. The lowest BCUT2D eigenvalue weighted by Gasteiger charge is -2.16. The number of hydrogen-bond acceptors (Lipinski definition) is 7. The Balaban J connectivity index is 2.02. The minimum Gasteiger partial charge on any atom is -0.492 e. The van der Waals surface area contributed by atoms with Crippen LogP contribution in [-0.4, -0.2) is 74.2 Å². The van der Waals surface area contributed by atoms with Gasteiger partial charge in [0.25, 0.3) is 5.91 Å². The molecule has 3 rings (SSSR count). The molecule has 34 heavy (non-hydrogen) atoms. The van der Waals surface area contributed by atoms with Gasteiger partial charge in [0.15, 0.2) is 0 Å². The van der Waals surface area contributed by atoms with Crippen LogP contribution in [0.4, 0.5) is 5.82 Å². The van der Waals surface area contributed by atoms with E-state index in [-0.39, 0.29) is 34.6 Å². The number of amidine groups is 1. The highest BCUT2D eigenvalue weighted by Crippen LogP contribution is 2.34. The number of sulfonamides is 1.